The highest BCUT2D eigenvalue weighted by atomic mass is 32.2. The number of nitrogens with one attached hydrogen (secondary N) is 1. The second kappa shape index (κ2) is 9.90. The minimum absolute atomic E-state index is 0.140. The molecule has 0 atom stereocenters. The Morgan fingerprint density at radius 2 is 1.81 bits per heavy atom. The molecule has 1 N–H and O–H groups in total. The van der Waals surface area contributed by atoms with E-state index in [2.05, 4.69) is 11.4 Å². The van der Waals surface area contributed by atoms with Crippen LogP contribution in [0.4, 0.5) is 11.4 Å². The monoisotopic (exact) mass is 393 g/mol. The fraction of sp³-hybridized carbons (Fsp3) is 0.550. The summed E-state index contributed by atoms with van der Waals surface area (Å²) >= 11 is 0. The maximum absolute atomic E-state index is 12.2. The van der Waals surface area contributed by atoms with Gasteiger partial charge in [-0.05, 0) is 56.4 Å². The van der Waals surface area contributed by atoms with Gasteiger partial charge in [0.1, 0.15) is 0 Å². The van der Waals surface area contributed by atoms with E-state index in [1.807, 2.05) is 43.3 Å². The first-order chi connectivity index (χ1) is 12.8. The van der Waals surface area contributed by atoms with Crippen molar-refractivity contribution in [3.05, 3.63) is 35.9 Å². The van der Waals surface area contributed by atoms with Gasteiger partial charge in [0.2, 0.25) is 15.9 Å². The zero-order chi connectivity index (χ0) is 19.9. The summed E-state index contributed by atoms with van der Waals surface area (Å²) in [6, 6.07) is 7.54. The third kappa shape index (κ3) is 7.34. The summed E-state index contributed by atoms with van der Waals surface area (Å²) in [7, 11) is 0.581. The SMILES string of the molecule is CN(C)c1ccc(NC(=O)CCN(CCC2=CCCCC2)S(C)(=O)=O)cc1. The van der Waals surface area contributed by atoms with Gasteiger partial charge in [-0.1, -0.05) is 11.6 Å². The maximum Gasteiger partial charge on any atom is 0.225 e. The van der Waals surface area contributed by atoms with Gasteiger partial charge in [0.05, 0.1) is 6.26 Å². The van der Waals surface area contributed by atoms with Crippen LogP contribution in [0.25, 0.3) is 0 Å². The summed E-state index contributed by atoms with van der Waals surface area (Å²) in [6.45, 7) is 0.642. The summed E-state index contributed by atoms with van der Waals surface area (Å²) in [5, 5.41) is 2.83. The molecule has 0 aliphatic heterocycles. The van der Waals surface area contributed by atoms with E-state index >= 15 is 0 Å². The molecular weight excluding hydrogens is 362 g/mol. The molecule has 0 aromatic heterocycles. The van der Waals surface area contributed by atoms with Crippen LogP contribution in [-0.2, 0) is 14.8 Å². The Balaban J connectivity index is 1.86. The molecule has 1 aliphatic rings. The van der Waals surface area contributed by atoms with Crippen molar-refractivity contribution in [2.24, 2.45) is 0 Å². The van der Waals surface area contributed by atoms with Crippen molar-refractivity contribution in [2.45, 2.75) is 38.5 Å². The Morgan fingerprint density at radius 3 is 2.37 bits per heavy atom. The second-order valence-corrected chi connectivity index (χ2v) is 9.24. The Bertz CT molecular complexity index is 755. The maximum atomic E-state index is 12.2. The fourth-order valence-electron chi connectivity index (χ4n) is 3.14. The number of benzene rings is 1. The first-order valence-electron chi connectivity index (χ1n) is 9.46. The Hall–Kier alpha value is -1.86. The van der Waals surface area contributed by atoms with E-state index in [1.165, 1.54) is 29.0 Å². The minimum atomic E-state index is -3.33. The lowest BCUT2D eigenvalue weighted by Gasteiger charge is -2.21. The fourth-order valence-corrected chi connectivity index (χ4v) is 3.98. The molecule has 1 aliphatic carbocycles. The van der Waals surface area contributed by atoms with E-state index in [4.69, 9.17) is 0 Å². The zero-order valence-corrected chi connectivity index (χ0v) is 17.4. The zero-order valence-electron chi connectivity index (χ0n) is 16.6. The topological polar surface area (TPSA) is 69.7 Å². The number of anilines is 2. The number of hydrogen-bond acceptors (Lipinski definition) is 4. The van der Waals surface area contributed by atoms with Crippen LogP contribution in [0.3, 0.4) is 0 Å². The molecule has 0 heterocycles. The first-order valence-corrected chi connectivity index (χ1v) is 11.3. The van der Waals surface area contributed by atoms with Crippen molar-refractivity contribution in [3.8, 4) is 0 Å². The van der Waals surface area contributed by atoms with Crippen LogP contribution in [0, 0.1) is 0 Å². The van der Waals surface area contributed by atoms with Crippen molar-refractivity contribution in [3.63, 3.8) is 0 Å². The number of amides is 1. The van der Waals surface area contributed by atoms with Crippen LogP contribution in [0.5, 0.6) is 0 Å². The van der Waals surface area contributed by atoms with Gasteiger partial charge in [0, 0.05) is 45.0 Å². The lowest BCUT2D eigenvalue weighted by atomic mass is 9.97. The molecule has 1 amide bonds. The van der Waals surface area contributed by atoms with Gasteiger partial charge in [0.25, 0.3) is 0 Å². The van der Waals surface area contributed by atoms with E-state index < -0.39 is 10.0 Å². The molecule has 0 spiro atoms. The highest BCUT2D eigenvalue weighted by Crippen LogP contribution is 2.21. The van der Waals surface area contributed by atoms with Crippen molar-refractivity contribution < 1.29 is 13.2 Å². The van der Waals surface area contributed by atoms with Gasteiger partial charge >= 0.3 is 0 Å². The smallest absolute Gasteiger partial charge is 0.225 e. The Morgan fingerprint density at radius 1 is 1.11 bits per heavy atom. The van der Waals surface area contributed by atoms with Crippen LogP contribution in [-0.4, -0.2) is 52.1 Å². The van der Waals surface area contributed by atoms with Crippen LogP contribution in [0.15, 0.2) is 35.9 Å². The van der Waals surface area contributed by atoms with Crippen molar-refractivity contribution in [1.29, 1.82) is 0 Å². The number of allylic oxidation sites excluding steroid dienone is 1. The number of nitrogens with zero attached hydrogens (tertiary/aromatic N) is 2. The third-order valence-electron chi connectivity index (χ3n) is 4.79. The second-order valence-electron chi connectivity index (χ2n) is 7.26. The van der Waals surface area contributed by atoms with Crippen molar-refractivity contribution in [2.75, 3.05) is 43.7 Å². The lowest BCUT2D eigenvalue weighted by Crippen LogP contribution is -2.34. The highest BCUT2D eigenvalue weighted by Gasteiger charge is 2.18. The number of carbonyl (C=O) groups excluding carboxylic acids is 1. The average molecular weight is 394 g/mol. The van der Waals surface area contributed by atoms with E-state index in [0.29, 0.717) is 12.2 Å². The molecule has 0 radical (unpaired) electrons. The Kier molecular flexibility index (Phi) is 7.86. The molecular formula is C20H31N3O3S. The molecule has 150 valence electrons. The van der Waals surface area contributed by atoms with Crippen LogP contribution in [0.1, 0.15) is 38.5 Å². The van der Waals surface area contributed by atoms with Gasteiger partial charge in [-0.15, -0.1) is 0 Å². The van der Waals surface area contributed by atoms with E-state index in [9.17, 15) is 13.2 Å². The third-order valence-corrected chi connectivity index (χ3v) is 6.10. The summed E-state index contributed by atoms with van der Waals surface area (Å²) in [5.74, 6) is -0.182. The predicted octanol–water partition coefficient (Wildman–Crippen LogP) is 3.23. The number of carbonyl (C=O) groups is 1. The summed E-state index contributed by atoms with van der Waals surface area (Å²) in [4.78, 5) is 14.2. The Labute approximate surface area is 163 Å². The van der Waals surface area contributed by atoms with E-state index in [1.54, 1.807) is 0 Å². The van der Waals surface area contributed by atoms with Gasteiger partial charge in [-0.2, -0.15) is 0 Å². The number of rotatable bonds is 9. The molecule has 2 rings (SSSR count). The van der Waals surface area contributed by atoms with Crippen molar-refractivity contribution >= 4 is 27.3 Å². The van der Waals surface area contributed by atoms with Gasteiger partial charge in [-0.25, -0.2) is 12.7 Å². The molecule has 0 saturated heterocycles. The lowest BCUT2D eigenvalue weighted by molar-refractivity contribution is -0.116. The van der Waals surface area contributed by atoms with E-state index in [-0.39, 0.29) is 18.9 Å². The average Bonchev–Trinajstić information content (AvgIpc) is 2.62. The molecule has 1 aromatic carbocycles. The summed E-state index contributed by atoms with van der Waals surface area (Å²) in [5.41, 5.74) is 3.09. The highest BCUT2D eigenvalue weighted by molar-refractivity contribution is 7.88. The molecule has 1 aromatic rings. The first kappa shape index (κ1) is 21.4. The van der Waals surface area contributed by atoms with Crippen LogP contribution < -0.4 is 10.2 Å². The largest absolute Gasteiger partial charge is 0.378 e. The molecule has 7 heteroatoms. The van der Waals surface area contributed by atoms with Gasteiger partial charge in [-0.3, -0.25) is 4.79 Å². The standard InChI is InChI=1S/C20H31N3O3S/c1-22(2)19-11-9-18(10-12-19)21-20(24)14-16-23(27(3,25)26)15-13-17-7-5-4-6-8-17/h7,9-12H,4-6,8,13-16H2,1-3H3,(H,21,24). The van der Waals surface area contributed by atoms with Crippen LogP contribution >= 0.6 is 0 Å². The number of sulfonamides is 1. The number of hydrogen-bond donors (Lipinski definition) is 1. The molecule has 0 fully saturated rings. The van der Waals surface area contributed by atoms with Crippen molar-refractivity contribution in [1.82, 2.24) is 4.31 Å². The molecule has 0 saturated carbocycles. The molecule has 0 unspecified atom stereocenters. The van der Waals surface area contributed by atoms with Gasteiger partial charge in [0.15, 0.2) is 0 Å². The van der Waals surface area contributed by atoms with Gasteiger partial charge < -0.3 is 10.2 Å². The normalized spacial score (nSPS) is 14.7. The quantitative estimate of drug-likeness (QED) is 0.654. The predicted molar refractivity (Wildman–Crippen MR) is 112 cm³/mol. The molecule has 6 nitrogen and oxygen atoms in total. The molecule has 0 bridgehead atoms. The van der Waals surface area contributed by atoms with Crippen LogP contribution in [0.2, 0.25) is 0 Å². The minimum Gasteiger partial charge on any atom is -0.378 e. The summed E-state index contributed by atoms with van der Waals surface area (Å²) in [6.07, 6.45) is 8.87. The molecule has 27 heavy (non-hydrogen) atoms. The summed E-state index contributed by atoms with van der Waals surface area (Å²) < 4.78 is 25.5. The van der Waals surface area contributed by atoms with E-state index in [0.717, 1.165) is 24.9 Å².